The molecule has 0 saturated heterocycles. The predicted molar refractivity (Wildman–Crippen MR) is 88.9 cm³/mol. The first-order valence-corrected chi connectivity index (χ1v) is 8.60. The number of rotatable bonds is 4. The number of ether oxygens (including phenoxy) is 2. The van der Waals surface area contributed by atoms with Gasteiger partial charge in [0.1, 0.15) is 13.2 Å². The van der Waals surface area contributed by atoms with Gasteiger partial charge in [0, 0.05) is 6.04 Å². The average Bonchev–Trinajstić information content (AvgIpc) is 3.05. The lowest BCUT2D eigenvalue weighted by molar-refractivity contribution is 0.171. The van der Waals surface area contributed by atoms with Crippen molar-refractivity contribution in [2.75, 3.05) is 13.2 Å². The second-order valence-electron chi connectivity index (χ2n) is 6.72. The minimum absolute atomic E-state index is 0.0489. The van der Waals surface area contributed by atoms with Gasteiger partial charge in [0.15, 0.2) is 11.5 Å². The van der Waals surface area contributed by atoms with Crippen molar-refractivity contribution >= 4 is 6.03 Å². The summed E-state index contributed by atoms with van der Waals surface area (Å²) in [5.74, 6) is 1.82. The van der Waals surface area contributed by atoms with Crippen molar-refractivity contribution in [2.24, 2.45) is 5.92 Å². The van der Waals surface area contributed by atoms with Gasteiger partial charge in [-0.1, -0.05) is 32.8 Å². The summed E-state index contributed by atoms with van der Waals surface area (Å²) < 4.78 is 11.2. The highest BCUT2D eigenvalue weighted by atomic mass is 16.6. The molecule has 1 saturated carbocycles. The van der Waals surface area contributed by atoms with E-state index in [2.05, 4.69) is 24.5 Å². The smallest absolute Gasteiger partial charge is 0.315 e. The van der Waals surface area contributed by atoms with E-state index in [1.807, 2.05) is 18.2 Å². The van der Waals surface area contributed by atoms with E-state index in [1.54, 1.807) is 0 Å². The fraction of sp³-hybridized carbons (Fsp3) is 0.611. The maximum atomic E-state index is 12.3. The number of hydrogen-bond acceptors (Lipinski definition) is 3. The maximum Gasteiger partial charge on any atom is 0.315 e. The van der Waals surface area contributed by atoms with Crippen LogP contribution in [0, 0.1) is 5.92 Å². The predicted octanol–water partition coefficient (Wildman–Crippen LogP) is 3.40. The Hall–Kier alpha value is -1.91. The molecule has 23 heavy (non-hydrogen) atoms. The molecule has 1 aliphatic carbocycles. The molecule has 2 N–H and O–H groups in total. The number of carbonyl (C=O) groups excluding carboxylic acids is 1. The number of benzene rings is 1. The van der Waals surface area contributed by atoms with E-state index in [9.17, 15) is 4.79 Å². The van der Waals surface area contributed by atoms with Gasteiger partial charge in [0.05, 0.1) is 6.04 Å². The number of carbonyl (C=O) groups is 1. The first-order valence-electron chi connectivity index (χ1n) is 8.60. The van der Waals surface area contributed by atoms with Crippen LogP contribution in [0.25, 0.3) is 0 Å². The van der Waals surface area contributed by atoms with Crippen molar-refractivity contribution in [1.82, 2.24) is 10.6 Å². The zero-order valence-corrected chi connectivity index (χ0v) is 13.9. The molecule has 0 spiro atoms. The topological polar surface area (TPSA) is 59.6 Å². The maximum absolute atomic E-state index is 12.3. The second-order valence-corrected chi connectivity index (χ2v) is 6.72. The molecule has 2 aliphatic rings. The van der Waals surface area contributed by atoms with Crippen molar-refractivity contribution < 1.29 is 14.3 Å². The van der Waals surface area contributed by atoms with Crippen LogP contribution < -0.4 is 20.1 Å². The molecule has 0 aromatic heterocycles. The van der Waals surface area contributed by atoms with Crippen LogP contribution >= 0.6 is 0 Å². The van der Waals surface area contributed by atoms with E-state index in [0.717, 1.165) is 29.9 Å². The van der Waals surface area contributed by atoms with Crippen LogP contribution in [-0.2, 0) is 0 Å². The molecule has 1 atom stereocenters. The average molecular weight is 318 g/mol. The van der Waals surface area contributed by atoms with Crippen LogP contribution in [0.3, 0.4) is 0 Å². The van der Waals surface area contributed by atoms with E-state index >= 15 is 0 Å². The lowest BCUT2D eigenvalue weighted by Crippen LogP contribution is -2.43. The van der Waals surface area contributed by atoms with Crippen LogP contribution in [0.1, 0.15) is 51.1 Å². The van der Waals surface area contributed by atoms with Gasteiger partial charge in [-0.2, -0.15) is 0 Å². The van der Waals surface area contributed by atoms with Gasteiger partial charge in [-0.15, -0.1) is 0 Å². The molecule has 1 fully saturated rings. The zero-order chi connectivity index (χ0) is 16.2. The van der Waals surface area contributed by atoms with Gasteiger partial charge in [-0.25, -0.2) is 4.79 Å². The van der Waals surface area contributed by atoms with Gasteiger partial charge in [0.25, 0.3) is 0 Å². The van der Waals surface area contributed by atoms with Gasteiger partial charge < -0.3 is 20.1 Å². The largest absolute Gasteiger partial charge is 0.486 e. The molecule has 5 heteroatoms. The summed E-state index contributed by atoms with van der Waals surface area (Å²) in [4.78, 5) is 12.3. The van der Waals surface area contributed by atoms with Gasteiger partial charge in [-0.3, -0.25) is 0 Å². The highest BCUT2D eigenvalue weighted by molar-refractivity contribution is 5.75. The Morgan fingerprint density at radius 1 is 1.13 bits per heavy atom. The first-order chi connectivity index (χ1) is 11.1. The molecule has 0 bridgehead atoms. The Labute approximate surface area is 137 Å². The lowest BCUT2D eigenvalue weighted by Gasteiger charge is -2.26. The number of fused-ring (bicyclic) bond motifs is 1. The van der Waals surface area contributed by atoms with E-state index in [0.29, 0.717) is 19.3 Å². The molecule has 2 amide bonds. The molecular weight excluding hydrogens is 292 g/mol. The molecule has 0 radical (unpaired) electrons. The van der Waals surface area contributed by atoms with E-state index in [4.69, 9.17) is 9.47 Å². The summed E-state index contributed by atoms with van der Waals surface area (Å²) in [5, 5.41) is 6.21. The summed E-state index contributed by atoms with van der Waals surface area (Å²) in [6.07, 6.45) is 4.59. The Bertz CT molecular complexity index is 553. The van der Waals surface area contributed by atoms with Gasteiger partial charge in [-0.05, 0) is 36.5 Å². The molecule has 1 aliphatic heterocycles. The second kappa shape index (κ2) is 7.11. The van der Waals surface area contributed by atoms with Crippen molar-refractivity contribution in [3.63, 3.8) is 0 Å². The number of amides is 2. The third kappa shape index (κ3) is 3.89. The van der Waals surface area contributed by atoms with Crippen LogP contribution in [0.4, 0.5) is 4.79 Å². The standard InChI is InChI=1S/C18H26N2O3/c1-12(2)17(20-18(21)19-14-5-3-4-6-14)13-7-8-15-16(11-13)23-10-9-22-15/h7-8,11-12,14,17H,3-6,9-10H2,1-2H3,(H2,19,20,21)/t17-/m1/s1. The first kappa shape index (κ1) is 16.0. The number of urea groups is 1. The third-order valence-corrected chi connectivity index (χ3v) is 4.57. The number of hydrogen-bond donors (Lipinski definition) is 2. The molecule has 1 heterocycles. The molecule has 0 unspecified atom stereocenters. The normalized spacial score (nSPS) is 18.7. The molecule has 1 aromatic rings. The van der Waals surface area contributed by atoms with Crippen LogP contribution in [0.2, 0.25) is 0 Å². The Morgan fingerprint density at radius 2 is 1.83 bits per heavy atom. The quantitative estimate of drug-likeness (QED) is 0.894. The summed E-state index contributed by atoms with van der Waals surface area (Å²) in [6.45, 7) is 5.37. The molecule has 3 rings (SSSR count). The molecule has 5 nitrogen and oxygen atoms in total. The Kier molecular flexibility index (Phi) is 4.94. The van der Waals surface area contributed by atoms with Crippen LogP contribution in [-0.4, -0.2) is 25.3 Å². The van der Waals surface area contributed by atoms with Gasteiger partial charge in [0.2, 0.25) is 0 Å². The fourth-order valence-corrected chi connectivity index (χ4v) is 3.33. The van der Waals surface area contributed by atoms with E-state index < -0.39 is 0 Å². The Balaban J connectivity index is 1.69. The van der Waals surface area contributed by atoms with Gasteiger partial charge >= 0.3 is 6.03 Å². The molecule has 1 aromatic carbocycles. The summed E-state index contributed by atoms with van der Waals surface area (Å²) in [5.41, 5.74) is 1.05. The SMILES string of the molecule is CC(C)[C@@H](NC(=O)NC1CCCC1)c1ccc2c(c1)OCCO2. The summed E-state index contributed by atoms with van der Waals surface area (Å²) in [6, 6.07) is 6.11. The molecule has 126 valence electrons. The van der Waals surface area contributed by atoms with Crippen molar-refractivity contribution in [1.29, 1.82) is 0 Å². The third-order valence-electron chi connectivity index (χ3n) is 4.57. The number of nitrogens with one attached hydrogen (secondary N) is 2. The van der Waals surface area contributed by atoms with E-state index in [-0.39, 0.29) is 18.0 Å². The van der Waals surface area contributed by atoms with Crippen LogP contribution in [0.5, 0.6) is 11.5 Å². The monoisotopic (exact) mass is 318 g/mol. The van der Waals surface area contributed by atoms with Crippen molar-refractivity contribution in [2.45, 2.75) is 51.6 Å². The lowest BCUT2D eigenvalue weighted by atomic mass is 9.95. The van der Waals surface area contributed by atoms with Crippen molar-refractivity contribution in [3.8, 4) is 11.5 Å². The summed E-state index contributed by atoms with van der Waals surface area (Å²) >= 11 is 0. The molecular formula is C18H26N2O3. The van der Waals surface area contributed by atoms with E-state index in [1.165, 1.54) is 12.8 Å². The Morgan fingerprint density at radius 3 is 2.52 bits per heavy atom. The zero-order valence-electron chi connectivity index (χ0n) is 13.9. The minimum Gasteiger partial charge on any atom is -0.486 e. The highest BCUT2D eigenvalue weighted by Crippen LogP contribution is 2.34. The minimum atomic E-state index is -0.0783. The fourth-order valence-electron chi connectivity index (χ4n) is 3.33. The van der Waals surface area contributed by atoms with Crippen LogP contribution in [0.15, 0.2) is 18.2 Å². The highest BCUT2D eigenvalue weighted by Gasteiger charge is 2.23. The summed E-state index contributed by atoms with van der Waals surface area (Å²) in [7, 11) is 0. The van der Waals surface area contributed by atoms with Crippen molar-refractivity contribution in [3.05, 3.63) is 23.8 Å².